The molecule has 28 heavy (non-hydrogen) atoms. The van der Waals surface area contributed by atoms with Crippen LogP contribution in [-0.2, 0) is 17.6 Å². The van der Waals surface area contributed by atoms with E-state index in [4.69, 9.17) is 11.6 Å². The topological polar surface area (TPSA) is 33.2 Å². The van der Waals surface area contributed by atoms with Gasteiger partial charge >= 0.3 is 0 Å². The molecule has 0 bridgehead atoms. The molecular weight excluding hydrogens is 388 g/mol. The summed E-state index contributed by atoms with van der Waals surface area (Å²) in [6, 6.07) is 18.3. The third-order valence-electron chi connectivity index (χ3n) is 5.32. The van der Waals surface area contributed by atoms with Gasteiger partial charge in [-0.05, 0) is 36.8 Å². The zero-order valence-electron chi connectivity index (χ0n) is 15.7. The molecule has 0 aliphatic carbocycles. The van der Waals surface area contributed by atoms with Crippen LogP contribution in [0.25, 0.3) is 10.6 Å². The lowest BCUT2D eigenvalue weighted by Gasteiger charge is -2.32. The van der Waals surface area contributed by atoms with Crippen LogP contribution in [0.4, 0.5) is 0 Å². The highest BCUT2D eigenvalue weighted by Gasteiger charge is 2.23. The molecule has 144 valence electrons. The van der Waals surface area contributed by atoms with Crippen molar-refractivity contribution in [2.75, 3.05) is 13.1 Å². The molecule has 0 saturated carbocycles. The number of thiazole rings is 1. The largest absolute Gasteiger partial charge is 0.342 e. The van der Waals surface area contributed by atoms with Gasteiger partial charge in [0, 0.05) is 24.0 Å². The Hall–Kier alpha value is -2.17. The first kappa shape index (κ1) is 19.2. The first-order chi connectivity index (χ1) is 13.7. The molecule has 3 aromatic rings. The van der Waals surface area contributed by atoms with Crippen LogP contribution in [0.1, 0.15) is 24.1 Å². The standard InChI is InChI=1S/C23H23ClN2OS/c24-21-9-5-4-8-20(21)23-25-19(16-28-23)15-22(27)26-12-10-18(11-13-26)14-17-6-2-1-3-7-17/h1-9,16,18H,10-15H2. The van der Waals surface area contributed by atoms with Gasteiger partial charge in [0.1, 0.15) is 5.01 Å². The number of piperidine rings is 1. The summed E-state index contributed by atoms with van der Waals surface area (Å²) >= 11 is 7.80. The van der Waals surface area contributed by atoms with Gasteiger partial charge < -0.3 is 4.90 Å². The highest BCUT2D eigenvalue weighted by molar-refractivity contribution is 7.13. The Morgan fingerprint density at radius 2 is 1.79 bits per heavy atom. The molecule has 0 atom stereocenters. The fourth-order valence-electron chi connectivity index (χ4n) is 3.75. The van der Waals surface area contributed by atoms with E-state index in [1.165, 1.54) is 5.56 Å². The quantitative estimate of drug-likeness (QED) is 0.557. The van der Waals surface area contributed by atoms with Gasteiger partial charge in [0.15, 0.2) is 0 Å². The van der Waals surface area contributed by atoms with Crippen LogP contribution >= 0.6 is 22.9 Å². The van der Waals surface area contributed by atoms with Crippen molar-refractivity contribution in [3.8, 4) is 10.6 Å². The maximum atomic E-state index is 12.7. The SMILES string of the molecule is O=C(Cc1csc(-c2ccccc2Cl)n1)N1CCC(Cc2ccccc2)CC1. The molecule has 2 aromatic carbocycles. The lowest BCUT2D eigenvalue weighted by atomic mass is 9.90. The number of rotatable bonds is 5. The van der Waals surface area contributed by atoms with Gasteiger partial charge in [0.25, 0.3) is 0 Å². The van der Waals surface area contributed by atoms with Crippen molar-refractivity contribution in [2.24, 2.45) is 5.92 Å². The second kappa shape index (κ2) is 8.89. The van der Waals surface area contributed by atoms with Crippen molar-refractivity contribution in [1.29, 1.82) is 0 Å². The normalized spacial score (nSPS) is 15.0. The summed E-state index contributed by atoms with van der Waals surface area (Å²) < 4.78 is 0. The molecule has 0 N–H and O–H groups in total. The van der Waals surface area contributed by atoms with E-state index in [1.54, 1.807) is 11.3 Å². The zero-order chi connectivity index (χ0) is 19.3. The number of hydrogen-bond donors (Lipinski definition) is 0. The van der Waals surface area contributed by atoms with Crippen LogP contribution in [0.5, 0.6) is 0 Å². The number of amides is 1. The Kier molecular flexibility index (Phi) is 6.08. The summed E-state index contributed by atoms with van der Waals surface area (Å²) in [4.78, 5) is 19.3. The van der Waals surface area contributed by atoms with Crippen LogP contribution in [0.15, 0.2) is 60.0 Å². The Morgan fingerprint density at radius 1 is 1.07 bits per heavy atom. The Bertz CT molecular complexity index is 933. The molecule has 0 spiro atoms. The van der Waals surface area contributed by atoms with E-state index in [-0.39, 0.29) is 5.91 Å². The number of aromatic nitrogens is 1. The fraction of sp³-hybridized carbons (Fsp3) is 0.304. The summed E-state index contributed by atoms with van der Waals surface area (Å²) in [5.74, 6) is 0.840. The lowest BCUT2D eigenvalue weighted by Crippen LogP contribution is -2.39. The highest BCUT2D eigenvalue weighted by Crippen LogP contribution is 2.30. The maximum Gasteiger partial charge on any atom is 0.228 e. The van der Waals surface area contributed by atoms with Crippen molar-refractivity contribution in [1.82, 2.24) is 9.88 Å². The van der Waals surface area contributed by atoms with Crippen LogP contribution in [0, 0.1) is 5.92 Å². The smallest absolute Gasteiger partial charge is 0.228 e. The predicted octanol–water partition coefficient (Wildman–Crippen LogP) is 5.49. The molecular formula is C23H23ClN2OS. The van der Waals surface area contributed by atoms with E-state index in [9.17, 15) is 4.79 Å². The highest BCUT2D eigenvalue weighted by atomic mass is 35.5. The summed E-state index contributed by atoms with van der Waals surface area (Å²) in [6.45, 7) is 1.69. The van der Waals surface area contributed by atoms with E-state index in [2.05, 4.69) is 35.3 Å². The molecule has 1 aliphatic heterocycles. The van der Waals surface area contributed by atoms with Gasteiger partial charge in [0.2, 0.25) is 5.91 Å². The number of benzene rings is 2. The molecule has 4 rings (SSSR count). The van der Waals surface area contributed by atoms with E-state index < -0.39 is 0 Å². The van der Waals surface area contributed by atoms with Crippen molar-refractivity contribution < 1.29 is 4.79 Å². The molecule has 1 amide bonds. The van der Waals surface area contributed by atoms with Gasteiger partial charge in [0.05, 0.1) is 17.1 Å². The number of nitrogens with zero attached hydrogens (tertiary/aromatic N) is 2. The average Bonchev–Trinajstić information content (AvgIpc) is 3.18. The summed E-state index contributed by atoms with van der Waals surface area (Å²) in [5, 5.41) is 3.53. The Labute approximate surface area is 175 Å². The van der Waals surface area contributed by atoms with E-state index >= 15 is 0 Å². The molecule has 1 fully saturated rings. The van der Waals surface area contributed by atoms with Crippen LogP contribution in [0.3, 0.4) is 0 Å². The molecule has 2 heterocycles. The molecule has 1 aromatic heterocycles. The van der Waals surface area contributed by atoms with Gasteiger partial charge in [-0.15, -0.1) is 11.3 Å². The first-order valence-electron chi connectivity index (χ1n) is 9.70. The van der Waals surface area contributed by atoms with Gasteiger partial charge in [-0.1, -0.05) is 60.1 Å². The van der Waals surface area contributed by atoms with Crippen molar-refractivity contribution in [3.63, 3.8) is 0 Å². The van der Waals surface area contributed by atoms with Crippen molar-refractivity contribution >= 4 is 28.8 Å². The van der Waals surface area contributed by atoms with Crippen LogP contribution in [0.2, 0.25) is 5.02 Å². The molecule has 1 aliphatic rings. The number of likely N-dealkylation sites (tertiary alicyclic amines) is 1. The number of carbonyl (C=O) groups is 1. The lowest BCUT2D eigenvalue weighted by molar-refractivity contribution is -0.131. The second-order valence-corrected chi connectivity index (χ2v) is 8.58. The average molecular weight is 411 g/mol. The zero-order valence-corrected chi connectivity index (χ0v) is 17.3. The first-order valence-corrected chi connectivity index (χ1v) is 11.0. The van der Waals surface area contributed by atoms with Gasteiger partial charge in [-0.25, -0.2) is 4.98 Å². The molecule has 5 heteroatoms. The van der Waals surface area contributed by atoms with E-state index in [1.807, 2.05) is 34.5 Å². The summed E-state index contributed by atoms with van der Waals surface area (Å²) in [6.07, 6.45) is 3.62. The van der Waals surface area contributed by atoms with Gasteiger partial charge in [-0.3, -0.25) is 4.79 Å². The van der Waals surface area contributed by atoms with Crippen molar-refractivity contribution in [3.05, 3.63) is 76.3 Å². The number of carbonyl (C=O) groups excluding carboxylic acids is 1. The maximum absolute atomic E-state index is 12.7. The van der Waals surface area contributed by atoms with Crippen LogP contribution < -0.4 is 0 Å². The monoisotopic (exact) mass is 410 g/mol. The predicted molar refractivity (Wildman–Crippen MR) is 116 cm³/mol. The second-order valence-electron chi connectivity index (χ2n) is 7.31. The van der Waals surface area contributed by atoms with Crippen molar-refractivity contribution in [2.45, 2.75) is 25.7 Å². The Balaban J connectivity index is 1.31. The van der Waals surface area contributed by atoms with Crippen LogP contribution in [-0.4, -0.2) is 28.9 Å². The Morgan fingerprint density at radius 3 is 2.54 bits per heavy atom. The molecule has 3 nitrogen and oxygen atoms in total. The van der Waals surface area contributed by atoms with E-state index in [0.29, 0.717) is 17.4 Å². The van der Waals surface area contributed by atoms with Gasteiger partial charge in [-0.2, -0.15) is 0 Å². The molecule has 0 radical (unpaired) electrons. The summed E-state index contributed by atoms with van der Waals surface area (Å²) in [5.41, 5.74) is 3.15. The minimum absolute atomic E-state index is 0.175. The van der Waals surface area contributed by atoms with E-state index in [0.717, 1.165) is 48.6 Å². The number of halogens is 1. The minimum Gasteiger partial charge on any atom is -0.342 e. The third kappa shape index (κ3) is 4.62. The fourth-order valence-corrected chi connectivity index (χ4v) is 4.89. The number of hydrogen-bond acceptors (Lipinski definition) is 3. The third-order valence-corrected chi connectivity index (χ3v) is 6.58. The summed E-state index contributed by atoms with van der Waals surface area (Å²) in [7, 11) is 0. The molecule has 0 unspecified atom stereocenters. The minimum atomic E-state index is 0.175. The molecule has 1 saturated heterocycles.